The number of amides is 3. The Bertz CT molecular complexity index is 1510. The largest absolute Gasteiger partial charge is 0.460 e. The lowest BCUT2D eigenvalue weighted by Crippen LogP contribution is -2.56. The summed E-state index contributed by atoms with van der Waals surface area (Å²) in [6.07, 6.45) is 4.66. The summed E-state index contributed by atoms with van der Waals surface area (Å²) in [4.78, 5) is 57.6. The van der Waals surface area contributed by atoms with Gasteiger partial charge in [-0.25, -0.2) is 0 Å². The molecule has 5 bridgehead atoms. The van der Waals surface area contributed by atoms with E-state index in [1.807, 2.05) is 54.6 Å². The van der Waals surface area contributed by atoms with E-state index in [2.05, 4.69) is 21.2 Å². The number of ether oxygens (including phenoxy) is 2. The van der Waals surface area contributed by atoms with Crippen LogP contribution < -0.4 is 10.2 Å². The van der Waals surface area contributed by atoms with Gasteiger partial charge in [-0.1, -0.05) is 58.4 Å². The van der Waals surface area contributed by atoms with Crippen LogP contribution in [0.2, 0.25) is 0 Å². The molecule has 0 aromatic heterocycles. The Kier molecular flexibility index (Phi) is 7.67. The van der Waals surface area contributed by atoms with E-state index in [0.29, 0.717) is 16.6 Å². The zero-order valence-corrected chi connectivity index (χ0v) is 24.7. The number of hydrogen-bond donors (Lipinski definition) is 2. The monoisotopic (exact) mass is 637 g/mol. The van der Waals surface area contributed by atoms with E-state index in [4.69, 9.17) is 9.47 Å². The summed E-state index contributed by atoms with van der Waals surface area (Å²) >= 11 is 3.52. The Morgan fingerprint density at radius 2 is 1.86 bits per heavy atom. The van der Waals surface area contributed by atoms with Crippen molar-refractivity contribution in [2.24, 2.45) is 11.8 Å². The molecule has 4 heterocycles. The molecule has 2 aromatic rings. The molecule has 2 aromatic carbocycles. The minimum atomic E-state index is -1.43. The maximum Gasteiger partial charge on any atom is 0.313 e. The lowest BCUT2D eigenvalue weighted by molar-refractivity contribution is -0.158. The first-order valence-corrected chi connectivity index (χ1v) is 14.9. The molecule has 6 atom stereocenters. The molecule has 6 rings (SSSR count). The maximum absolute atomic E-state index is 14.7. The first kappa shape index (κ1) is 28.6. The fourth-order valence-corrected chi connectivity index (χ4v) is 7.34. The molecular formula is C31H32BrN3O7. The lowest BCUT2D eigenvalue weighted by atomic mass is 9.74. The van der Waals surface area contributed by atoms with Gasteiger partial charge in [-0.15, -0.1) is 0 Å². The number of aliphatic hydroxyl groups is 1. The predicted octanol–water partition coefficient (Wildman–Crippen LogP) is 2.44. The van der Waals surface area contributed by atoms with Crippen molar-refractivity contribution in [3.05, 3.63) is 65.2 Å². The topological polar surface area (TPSA) is 125 Å². The quantitative estimate of drug-likeness (QED) is 0.391. The molecule has 0 unspecified atom stereocenters. The number of carbonyl (C=O) groups is 4. The van der Waals surface area contributed by atoms with Crippen molar-refractivity contribution in [3.8, 4) is 0 Å². The van der Waals surface area contributed by atoms with Gasteiger partial charge < -0.3 is 29.7 Å². The summed E-state index contributed by atoms with van der Waals surface area (Å²) in [5.74, 6) is -3.68. The van der Waals surface area contributed by atoms with Gasteiger partial charge >= 0.3 is 5.97 Å². The first-order chi connectivity index (χ1) is 20.2. The van der Waals surface area contributed by atoms with Crippen LogP contribution in [0.3, 0.4) is 0 Å². The van der Waals surface area contributed by atoms with Crippen LogP contribution >= 0.6 is 15.9 Å². The molecule has 0 radical (unpaired) electrons. The normalized spacial score (nSPS) is 32.5. The third kappa shape index (κ3) is 4.73. The van der Waals surface area contributed by atoms with Gasteiger partial charge in [0, 0.05) is 29.7 Å². The molecule has 0 saturated carbocycles. The van der Waals surface area contributed by atoms with Crippen LogP contribution in [-0.4, -0.2) is 83.8 Å². The van der Waals surface area contributed by atoms with Crippen LogP contribution in [-0.2, 0) is 28.7 Å². The molecule has 3 amide bonds. The van der Waals surface area contributed by atoms with Gasteiger partial charge in [-0.3, -0.25) is 19.2 Å². The lowest BCUT2D eigenvalue weighted by Gasteiger charge is -2.35. The van der Waals surface area contributed by atoms with E-state index >= 15 is 0 Å². The van der Waals surface area contributed by atoms with Crippen molar-refractivity contribution in [1.29, 1.82) is 0 Å². The van der Waals surface area contributed by atoms with Gasteiger partial charge in [0.25, 0.3) is 5.91 Å². The Labute approximate surface area is 251 Å². The average Bonchev–Trinajstić information content (AvgIpc) is 3.56. The second kappa shape index (κ2) is 11.3. The number of nitrogens with one attached hydrogen (secondary N) is 1. The minimum Gasteiger partial charge on any atom is -0.460 e. The maximum atomic E-state index is 14.7. The number of β-amino-alcohol motifs (C(OH)–C–C–N with tert-alkyl or cyclic N) is 1. The number of esters is 1. The van der Waals surface area contributed by atoms with E-state index in [1.165, 1.54) is 4.90 Å². The van der Waals surface area contributed by atoms with Gasteiger partial charge in [0.1, 0.15) is 29.8 Å². The van der Waals surface area contributed by atoms with Crippen LogP contribution in [0.15, 0.2) is 65.2 Å². The van der Waals surface area contributed by atoms with E-state index in [-0.39, 0.29) is 38.6 Å². The number of benzene rings is 2. The average molecular weight is 639 g/mol. The zero-order valence-electron chi connectivity index (χ0n) is 23.1. The van der Waals surface area contributed by atoms with Crippen molar-refractivity contribution in [3.63, 3.8) is 0 Å². The fourth-order valence-electron chi connectivity index (χ4n) is 6.61. The smallest absolute Gasteiger partial charge is 0.313 e. The Morgan fingerprint density at radius 3 is 2.64 bits per heavy atom. The molecule has 0 aliphatic carbocycles. The molecule has 42 heavy (non-hydrogen) atoms. The molecule has 2 N–H and O–H groups in total. The highest BCUT2D eigenvalue weighted by atomic mass is 79.9. The number of hydrogen-bond acceptors (Lipinski definition) is 7. The van der Waals surface area contributed by atoms with Crippen molar-refractivity contribution in [2.75, 3.05) is 31.1 Å². The Morgan fingerprint density at radius 1 is 1.07 bits per heavy atom. The fraction of sp³-hybridized carbons (Fsp3) is 0.419. The summed E-state index contributed by atoms with van der Waals surface area (Å²) in [5.41, 5.74) is -0.809. The molecule has 4 aliphatic heterocycles. The van der Waals surface area contributed by atoms with Crippen LogP contribution in [0, 0.1) is 11.8 Å². The molecule has 11 heteroatoms. The summed E-state index contributed by atoms with van der Waals surface area (Å²) < 4.78 is 12.7. The van der Waals surface area contributed by atoms with E-state index in [1.54, 1.807) is 17.9 Å². The van der Waals surface area contributed by atoms with Crippen molar-refractivity contribution in [1.82, 2.24) is 10.2 Å². The minimum absolute atomic E-state index is 0.0986. The second-order valence-corrected chi connectivity index (χ2v) is 12.0. The summed E-state index contributed by atoms with van der Waals surface area (Å²) in [5, 5.41) is 14.7. The van der Waals surface area contributed by atoms with Gasteiger partial charge in [0.15, 0.2) is 0 Å². The highest BCUT2D eigenvalue weighted by Crippen LogP contribution is 2.59. The van der Waals surface area contributed by atoms with Crippen LogP contribution in [0.25, 0.3) is 10.8 Å². The first-order valence-electron chi connectivity index (χ1n) is 14.1. The molecule has 1 spiro atoms. The standard InChI is InChI=1S/C31H32BrN3O7/c1-18-17-33-23(37)9-3-2-6-12-34(21-11-10-19-7-4-5-8-20(19)15-21)29(39)27-31-16-22(32)26(42-31)24(30(40)41-18)25(31)28(38)35(27)13-14-36/h2,4-8,10-11,15-16,18,24-27,36H,3,9,12-14,17H2,1H3,(H,33,37)/b6-2-/t18-,24+,25-,26+,27+,31-/m1/s1. The summed E-state index contributed by atoms with van der Waals surface area (Å²) in [7, 11) is 0. The molecule has 220 valence electrons. The summed E-state index contributed by atoms with van der Waals surface area (Å²) in [6.45, 7) is 1.50. The van der Waals surface area contributed by atoms with E-state index in [0.717, 1.165) is 10.8 Å². The number of halogens is 1. The summed E-state index contributed by atoms with van der Waals surface area (Å²) in [6, 6.07) is 12.4. The van der Waals surface area contributed by atoms with Crippen LogP contribution in [0.5, 0.6) is 0 Å². The Balaban J connectivity index is 1.46. The van der Waals surface area contributed by atoms with E-state index in [9.17, 15) is 24.3 Å². The SMILES string of the molecule is C[C@@H]1CNC(=O)CC/C=C\CN(c2ccc3ccccc3c2)C(=O)[C@@H]2N(CCO)C(=O)[C@H]3[C@H](C(=O)O1)[C@H]1O[C@@]23C=C1Br. The van der Waals surface area contributed by atoms with Gasteiger partial charge in [0.2, 0.25) is 11.8 Å². The van der Waals surface area contributed by atoms with E-state index < -0.39 is 53.5 Å². The van der Waals surface area contributed by atoms with Gasteiger partial charge in [-0.05, 0) is 42.3 Å². The number of carbonyl (C=O) groups excluding carboxylic acids is 4. The third-order valence-electron chi connectivity index (χ3n) is 8.48. The zero-order chi connectivity index (χ0) is 29.6. The highest BCUT2D eigenvalue weighted by Gasteiger charge is 2.74. The number of aliphatic hydroxyl groups excluding tert-OH is 1. The number of nitrogens with zero attached hydrogens (tertiary/aromatic N) is 2. The van der Waals surface area contributed by atoms with Crippen molar-refractivity contribution in [2.45, 2.75) is 43.6 Å². The third-order valence-corrected chi connectivity index (χ3v) is 9.16. The molecule has 4 aliphatic rings. The predicted molar refractivity (Wildman–Crippen MR) is 157 cm³/mol. The molecule has 2 fully saturated rings. The second-order valence-electron chi connectivity index (χ2n) is 11.1. The van der Waals surface area contributed by atoms with Crippen molar-refractivity contribution >= 4 is 56.1 Å². The van der Waals surface area contributed by atoms with Crippen LogP contribution in [0.4, 0.5) is 5.69 Å². The van der Waals surface area contributed by atoms with Gasteiger partial charge in [0.05, 0.1) is 19.1 Å². The molecular weight excluding hydrogens is 606 g/mol. The molecule has 2 saturated heterocycles. The molecule has 10 nitrogen and oxygen atoms in total. The number of cyclic esters (lactones) is 1. The number of rotatable bonds is 3. The number of fused-ring (bicyclic) bond motifs is 3. The Hall–Kier alpha value is -3.54. The number of anilines is 1. The van der Waals surface area contributed by atoms with Crippen molar-refractivity contribution < 1.29 is 33.8 Å². The highest BCUT2D eigenvalue weighted by molar-refractivity contribution is 9.11. The van der Waals surface area contributed by atoms with Crippen LogP contribution in [0.1, 0.15) is 19.8 Å². The number of likely N-dealkylation sites (tertiary alicyclic amines) is 1. The number of allylic oxidation sites excluding steroid dienone is 1. The van der Waals surface area contributed by atoms with Gasteiger partial charge in [-0.2, -0.15) is 0 Å².